The van der Waals surface area contributed by atoms with Crippen molar-refractivity contribution in [3.8, 4) is 5.75 Å². The first kappa shape index (κ1) is 20.6. The fourth-order valence-corrected chi connectivity index (χ4v) is 5.87. The summed E-state index contributed by atoms with van der Waals surface area (Å²) in [7, 11) is 1.59. The van der Waals surface area contributed by atoms with Gasteiger partial charge in [0.2, 0.25) is 5.76 Å². The van der Waals surface area contributed by atoms with E-state index in [-0.39, 0.29) is 17.1 Å². The van der Waals surface area contributed by atoms with Crippen LogP contribution in [0.3, 0.4) is 0 Å². The molecule has 0 N–H and O–H groups in total. The molecule has 0 radical (unpaired) electrons. The number of fused-ring (bicyclic) bond motifs is 3. The number of methoxy groups -OCH3 is 1. The van der Waals surface area contributed by atoms with E-state index in [4.69, 9.17) is 14.1 Å². The molecule has 0 spiro atoms. The first-order chi connectivity index (χ1) is 16.5. The molecule has 1 unspecified atom stereocenters. The number of carbonyl (C=O) groups is 1. The highest BCUT2D eigenvalue weighted by Crippen LogP contribution is 2.44. The van der Waals surface area contributed by atoms with Crippen LogP contribution in [-0.2, 0) is 0 Å². The Hall–Kier alpha value is -3.97. The number of ether oxygens (including phenoxy) is 1. The predicted octanol–water partition coefficient (Wildman–Crippen LogP) is 5.78. The highest BCUT2D eigenvalue weighted by molar-refractivity contribution is 7.22. The van der Waals surface area contributed by atoms with E-state index < -0.39 is 6.04 Å². The van der Waals surface area contributed by atoms with Gasteiger partial charge in [-0.05, 0) is 60.9 Å². The molecule has 0 aliphatic carbocycles. The molecule has 5 aromatic rings. The number of nitrogens with zero attached hydrogens (tertiary/aromatic N) is 2. The lowest BCUT2D eigenvalue weighted by Gasteiger charge is -2.22. The van der Waals surface area contributed by atoms with E-state index in [1.165, 1.54) is 11.3 Å². The smallest absolute Gasteiger partial charge is 0.297 e. The fraction of sp³-hybridized carbons (Fsp3) is 0.148. The first-order valence-electron chi connectivity index (χ1n) is 10.9. The number of rotatable bonds is 3. The summed E-state index contributed by atoms with van der Waals surface area (Å²) < 4.78 is 12.4. The normalized spacial score (nSPS) is 15.3. The topological polar surface area (TPSA) is 72.6 Å². The number of anilines is 1. The van der Waals surface area contributed by atoms with E-state index in [2.05, 4.69) is 12.1 Å². The summed E-state index contributed by atoms with van der Waals surface area (Å²) in [5.41, 5.74) is 4.27. The van der Waals surface area contributed by atoms with Gasteiger partial charge in [0.15, 0.2) is 10.6 Å². The minimum Gasteiger partial charge on any atom is -0.497 e. The standard InChI is InChI=1S/C27H20N2O4S/c1-14-11-15(2)22-20(12-14)34-27(28-22)29-23(16-7-6-8-17(13-16)32-3)21-24(30)18-9-4-5-10-19(18)33-25(21)26(29)31/h4-13,23H,1-3H3. The van der Waals surface area contributed by atoms with Crippen LogP contribution in [0.25, 0.3) is 21.2 Å². The number of carbonyl (C=O) groups excluding carboxylic acids is 1. The van der Waals surface area contributed by atoms with E-state index >= 15 is 0 Å². The lowest BCUT2D eigenvalue weighted by atomic mass is 9.98. The van der Waals surface area contributed by atoms with Crippen molar-refractivity contribution in [2.24, 2.45) is 0 Å². The van der Waals surface area contributed by atoms with Crippen LogP contribution in [0.2, 0.25) is 0 Å². The number of aryl methyl sites for hydroxylation is 2. The maximum atomic E-state index is 13.8. The summed E-state index contributed by atoms with van der Waals surface area (Å²) in [5.74, 6) is 0.321. The maximum Gasteiger partial charge on any atom is 0.297 e. The van der Waals surface area contributed by atoms with E-state index in [0.29, 0.717) is 27.4 Å². The van der Waals surface area contributed by atoms with Crippen molar-refractivity contribution < 1.29 is 13.9 Å². The number of para-hydroxylation sites is 1. The monoisotopic (exact) mass is 468 g/mol. The van der Waals surface area contributed by atoms with Gasteiger partial charge >= 0.3 is 0 Å². The quantitative estimate of drug-likeness (QED) is 0.336. The van der Waals surface area contributed by atoms with Gasteiger partial charge in [0.1, 0.15) is 11.3 Å². The highest BCUT2D eigenvalue weighted by atomic mass is 32.1. The zero-order valence-electron chi connectivity index (χ0n) is 18.8. The Morgan fingerprint density at radius 3 is 2.68 bits per heavy atom. The SMILES string of the molecule is COc1cccc(C2c3c(oc4ccccc4c3=O)C(=O)N2c2nc3c(C)cc(C)cc3s2)c1. The number of aromatic nitrogens is 1. The Morgan fingerprint density at radius 2 is 1.85 bits per heavy atom. The summed E-state index contributed by atoms with van der Waals surface area (Å²) in [4.78, 5) is 33.9. The summed E-state index contributed by atoms with van der Waals surface area (Å²) in [6.45, 7) is 4.05. The molecule has 1 aliphatic rings. The van der Waals surface area contributed by atoms with Gasteiger partial charge in [-0.25, -0.2) is 4.98 Å². The van der Waals surface area contributed by atoms with Gasteiger partial charge < -0.3 is 9.15 Å². The molecule has 2 aromatic heterocycles. The van der Waals surface area contributed by atoms with Gasteiger partial charge in [-0.15, -0.1) is 0 Å². The minimum atomic E-state index is -0.680. The Morgan fingerprint density at radius 1 is 1.03 bits per heavy atom. The van der Waals surface area contributed by atoms with Crippen molar-refractivity contribution in [2.75, 3.05) is 12.0 Å². The number of benzene rings is 3. The Bertz CT molecular complexity index is 1680. The maximum absolute atomic E-state index is 13.8. The van der Waals surface area contributed by atoms with E-state index in [1.54, 1.807) is 36.3 Å². The summed E-state index contributed by atoms with van der Waals surface area (Å²) >= 11 is 1.43. The van der Waals surface area contributed by atoms with Gasteiger partial charge in [0.05, 0.1) is 34.3 Å². The molecule has 0 saturated carbocycles. The average Bonchev–Trinajstić information content (AvgIpc) is 3.38. The highest BCUT2D eigenvalue weighted by Gasteiger charge is 2.45. The lowest BCUT2D eigenvalue weighted by molar-refractivity contribution is 0.0971. The third-order valence-corrected chi connectivity index (χ3v) is 7.21. The largest absolute Gasteiger partial charge is 0.497 e. The van der Waals surface area contributed by atoms with Gasteiger partial charge in [0.25, 0.3) is 5.91 Å². The second-order valence-electron chi connectivity index (χ2n) is 8.45. The molecular formula is C27H20N2O4S. The van der Waals surface area contributed by atoms with E-state index in [9.17, 15) is 9.59 Å². The molecule has 6 nitrogen and oxygen atoms in total. The van der Waals surface area contributed by atoms with Crippen molar-refractivity contribution in [2.45, 2.75) is 19.9 Å². The molecule has 3 heterocycles. The average molecular weight is 469 g/mol. The summed E-state index contributed by atoms with van der Waals surface area (Å²) in [5, 5.41) is 0.968. The zero-order valence-corrected chi connectivity index (χ0v) is 19.6. The number of hydrogen-bond acceptors (Lipinski definition) is 6. The second-order valence-corrected chi connectivity index (χ2v) is 9.46. The van der Waals surface area contributed by atoms with Crippen LogP contribution in [-0.4, -0.2) is 18.0 Å². The first-order valence-corrected chi connectivity index (χ1v) is 11.7. The van der Waals surface area contributed by atoms with E-state index in [0.717, 1.165) is 26.9 Å². The van der Waals surface area contributed by atoms with Crippen LogP contribution in [0.5, 0.6) is 5.75 Å². The van der Waals surface area contributed by atoms with Gasteiger partial charge in [-0.1, -0.05) is 41.7 Å². The molecule has 1 amide bonds. The fourth-order valence-electron chi connectivity index (χ4n) is 4.71. The summed E-state index contributed by atoms with van der Waals surface area (Å²) in [6, 6.07) is 17.9. The molecular weight excluding hydrogens is 448 g/mol. The van der Waals surface area contributed by atoms with E-state index in [1.807, 2.05) is 38.1 Å². The molecule has 168 valence electrons. The van der Waals surface area contributed by atoms with Crippen LogP contribution in [0.4, 0.5) is 5.13 Å². The molecule has 7 heteroatoms. The number of thiazole rings is 1. The Balaban J connectivity index is 1.65. The van der Waals surface area contributed by atoms with Crippen molar-refractivity contribution >= 4 is 43.6 Å². The second kappa shape index (κ2) is 7.53. The van der Waals surface area contributed by atoms with Crippen LogP contribution >= 0.6 is 11.3 Å². The molecule has 0 fully saturated rings. The Kier molecular flexibility index (Phi) is 4.57. The molecule has 34 heavy (non-hydrogen) atoms. The van der Waals surface area contributed by atoms with Gasteiger partial charge in [0, 0.05) is 0 Å². The van der Waals surface area contributed by atoms with Crippen molar-refractivity contribution in [3.05, 3.63) is 98.9 Å². The molecule has 1 atom stereocenters. The molecule has 1 aliphatic heterocycles. The van der Waals surface area contributed by atoms with Crippen LogP contribution in [0.1, 0.15) is 38.9 Å². The summed E-state index contributed by atoms with van der Waals surface area (Å²) in [6.07, 6.45) is 0. The minimum absolute atomic E-state index is 0.0590. The van der Waals surface area contributed by atoms with Crippen molar-refractivity contribution in [3.63, 3.8) is 0 Å². The molecule has 0 saturated heterocycles. The zero-order chi connectivity index (χ0) is 23.6. The van der Waals surface area contributed by atoms with Crippen LogP contribution < -0.4 is 15.1 Å². The molecule has 3 aromatic carbocycles. The van der Waals surface area contributed by atoms with Crippen molar-refractivity contribution in [1.29, 1.82) is 0 Å². The van der Waals surface area contributed by atoms with Crippen LogP contribution in [0.15, 0.2) is 69.9 Å². The van der Waals surface area contributed by atoms with Gasteiger partial charge in [-0.3, -0.25) is 14.5 Å². The van der Waals surface area contributed by atoms with Crippen LogP contribution in [0, 0.1) is 13.8 Å². The lowest BCUT2D eigenvalue weighted by Crippen LogP contribution is -2.29. The number of amides is 1. The Labute approximate surface area is 199 Å². The third-order valence-electron chi connectivity index (χ3n) is 6.21. The number of hydrogen-bond donors (Lipinski definition) is 0. The predicted molar refractivity (Wildman–Crippen MR) is 133 cm³/mol. The third kappa shape index (κ3) is 2.97. The molecule has 0 bridgehead atoms. The van der Waals surface area contributed by atoms with Crippen molar-refractivity contribution in [1.82, 2.24) is 4.98 Å². The van der Waals surface area contributed by atoms with Gasteiger partial charge in [-0.2, -0.15) is 0 Å². The molecule has 6 rings (SSSR count).